The lowest BCUT2D eigenvalue weighted by Crippen LogP contribution is -2.44. The SMILES string of the molecule is CC(C)(C)OC(=O)N1CCC(O)CC1.CC(C)(C)OC(=O)N1CCC(Oc2cc(F)ccc2Br)CC1.CC(C)(C)OC(=O)N=NC(=O)OC(C)(C)C.Oc1cc(F)ccc1Br. The maximum atomic E-state index is 13.3. The van der Waals surface area contributed by atoms with Crippen molar-refractivity contribution in [3.05, 3.63) is 57.0 Å². The van der Waals surface area contributed by atoms with Crippen LogP contribution in [0.1, 0.15) is 109 Å². The Balaban J connectivity index is 0.000000425. The highest BCUT2D eigenvalue weighted by atomic mass is 79.9. The maximum Gasteiger partial charge on any atom is 0.453 e. The number of hydrogen-bond donors (Lipinski definition) is 2. The van der Waals surface area contributed by atoms with Gasteiger partial charge < -0.3 is 43.7 Å². The number of benzene rings is 2. The number of aromatic hydroxyl groups is 1. The van der Waals surface area contributed by atoms with Crippen LogP contribution in [0.25, 0.3) is 0 Å². The monoisotopic (exact) mass is 994 g/mol. The number of nitrogens with zero attached hydrogens (tertiary/aromatic N) is 4. The van der Waals surface area contributed by atoms with Crippen molar-refractivity contribution in [2.45, 2.75) is 143 Å². The number of aliphatic hydroxyl groups excluding tert-OH is 1. The fourth-order valence-corrected chi connectivity index (χ4v) is 5.32. The van der Waals surface area contributed by atoms with Crippen LogP contribution in [0.5, 0.6) is 11.5 Å². The summed E-state index contributed by atoms with van der Waals surface area (Å²) >= 11 is 6.36. The van der Waals surface area contributed by atoms with Crippen LogP contribution < -0.4 is 4.74 Å². The zero-order valence-corrected chi connectivity index (χ0v) is 40.3. The smallest absolute Gasteiger partial charge is 0.453 e. The minimum Gasteiger partial charge on any atom is -0.507 e. The second-order valence-electron chi connectivity index (χ2n) is 17.8. The summed E-state index contributed by atoms with van der Waals surface area (Å²) in [7, 11) is 0. The number of rotatable bonds is 2. The third-order valence-electron chi connectivity index (χ3n) is 7.31. The molecule has 344 valence electrons. The average Bonchev–Trinajstić information content (AvgIpc) is 3.09. The molecule has 0 atom stereocenters. The number of aliphatic hydroxyl groups is 1. The molecule has 0 aromatic heterocycles. The molecule has 61 heavy (non-hydrogen) atoms. The van der Waals surface area contributed by atoms with Crippen LogP contribution in [0, 0.1) is 11.6 Å². The first kappa shape index (κ1) is 54.9. The Hall–Kier alpha value is -4.10. The number of piperidine rings is 2. The summed E-state index contributed by atoms with van der Waals surface area (Å²) in [5, 5.41) is 24.2. The van der Waals surface area contributed by atoms with Gasteiger partial charge in [-0.05, 0) is 152 Å². The summed E-state index contributed by atoms with van der Waals surface area (Å²) in [4.78, 5) is 48.9. The zero-order chi connectivity index (χ0) is 46.9. The molecule has 4 amide bonds. The van der Waals surface area contributed by atoms with Crippen LogP contribution in [0.4, 0.5) is 28.0 Å². The summed E-state index contributed by atoms with van der Waals surface area (Å²) in [5.74, 6) is -0.342. The van der Waals surface area contributed by atoms with Crippen molar-refractivity contribution in [2.24, 2.45) is 10.2 Å². The van der Waals surface area contributed by atoms with Gasteiger partial charge in [0.2, 0.25) is 0 Å². The van der Waals surface area contributed by atoms with Gasteiger partial charge in [-0.3, -0.25) is 0 Å². The van der Waals surface area contributed by atoms with E-state index in [9.17, 15) is 33.1 Å². The molecule has 0 saturated carbocycles. The van der Waals surface area contributed by atoms with Crippen molar-refractivity contribution in [2.75, 3.05) is 26.2 Å². The van der Waals surface area contributed by atoms with E-state index in [0.29, 0.717) is 62.1 Å². The third kappa shape index (κ3) is 26.1. The highest BCUT2D eigenvalue weighted by Gasteiger charge is 2.29. The van der Waals surface area contributed by atoms with Crippen LogP contribution in [-0.2, 0) is 18.9 Å². The number of phenols is 1. The first-order chi connectivity index (χ1) is 27.8. The standard InChI is InChI=1S/C16H21BrFNO3.C10H18N2O4.C10H19NO3.C6H4BrFO/c1-16(2,3)22-15(20)19-8-6-12(7-9-19)21-14-10-11(18)4-5-13(14)17;1-9(2,3)15-7(13)11-12-8(14)16-10(4,5)6;1-10(2,3)14-9(13)11-6-4-8(12)5-7-11;7-5-2-1-4(8)3-6(5)9/h4-5,10,12H,6-9H2,1-3H3;1-6H3;8,12H,4-7H2,1-3H3;1-3,9H. The second-order valence-corrected chi connectivity index (χ2v) is 19.5. The predicted octanol–water partition coefficient (Wildman–Crippen LogP) is 11.3. The quantitative estimate of drug-likeness (QED) is 0.215. The molecule has 2 aliphatic rings. The number of halogens is 4. The molecule has 2 saturated heterocycles. The van der Waals surface area contributed by atoms with Crippen LogP contribution in [-0.4, -0.2) is 105 Å². The number of likely N-dealkylation sites (tertiary alicyclic amines) is 2. The van der Waals surface area contributed by atoms with E-state index < -0.39 is 40.4 Å². The second kappa shape index (κ2) is 24.5. The first-order valence-corrected chi connectivity index (χ1v) is 21.2. The average molecular weight is 997 g/mol. The highest BCUT2D eigenvalue weighted by molar-refractivity contribution is 9.10. The van der Waals surface area contributed by atoms with Crippen molar-refractivity contribution in [1.82, 2.24) is 9.80 Å². The predicted molar refractivity (Wildman–Crippen MR) is 232 cm³/mol. The molecule has 0 aliphatic carbocycles. The summed E-state index contributed by atoms with van der Waals surface area (Å²) in [5.41, 5.74) is -2.25. The molecule has 0 unspecified atom stereocenters. The summed E-state index contributed by atoms with van der Waals surface area (Å²) < 4.78 is 52.7. The molecule has 15 nitrogen and oxygen atoms in total. The van der Waals surface area contributed by atoms with E-state index >= 15 is 0 Å². The number of phenolic OH excluding ortho intramolecular Hbond substituents is 1. The first-order valence-electron chi connectivity index (χ1n) is 19.6. The summed E-state index contributed by atoms with van der Waals surface area (Å²) in [6.45, 7) is 23.6. The van der Waals surface area contributed by atoms with Gasteiger partial charge in [0.05, 0.1) is 15.0 Å². The maximum absolute atomic E-state index is 13.3. The van der Waals surface area contributed by atoms with Gasteiger partial charge in [0.1, 0.15) is 51.6 Å². The minimum absolute atomic E-state index is 0.0308. The van der Waals surface area contributed by atoms with E-state index in [1.54, 1.807) is 57.4 Å². The van der Waals surface area contributed by atoms with Gasteiger partial charge in [0.25, 0.3) is 0 Å². The van der Waals surface area contributed by atoms with Crippen LogP contribution >= 0.6 is 31.9 Å². The molecule has 2 fully saturated rings. The van der Waals surface area contributed by atoms with Crippen molar-refractivity contribution in [1.29, 1.82) is 0 Å². The van der Waals surface area contributed by atoms with E-state index in [2.05, 4.69) is 42.1 Å². The van der Waals surface area contributed by atoms with Crippen LogP contribution in [0.3, 0.4) is 0 Å². The third-order valence-corrected chi connectivity index (χ3v) is 8.63. The molecular formula is C42H62Br2F2N4O11. The number of azo groups is 1. The van der Waals surface area contributed by atoms with Gasteiger partial charge >= 0.3 is 24.4 Å². The van der Waals surface area contributed by atoms with Crippen molar-refractivity contribution >= 4 is 56.2 Å². The highest BCUT2D eigenvalue weighted by Crippen LogP contribution is 2.29. The van der Waals surface area contributed by atoms with E-state index in [1.807, 2.05) is 41.5 Å². The minimum atomic E-state index is -0.918. The van der Waals surface area contributed by atoms with Gasteiger partial charge in [0.15, 0.2) is 0 Å². The van der Waals surface area contributed by atoms with Gasteiger partial charge in [-0.25, -0.2) is 28.0 Å². The molecule has 0 spiro atoms. The van der Waals surface area contributed by atoms with E-state index in [1.165, 1.54) is 24.3 Å². The summed E-state index contributed by atoms with van der Waals surface area (Å²) in [6, 6.07) is 8.13. The van der Waals surface area contributed by atoms with Gasteiger partial charge in [-0.1, -0.05) is 10.2 Å². The van der Waals surface area contributed by atoms with E-state index in [-0.39, 0.29) is 36.0 Å². The fraction of sp³-hybridized carbons (Fsp3) is 0.619. The Kier molecular flexibility index (Phi) is 22.1. The molecule has 0 radical (unpaired) electrons. The Labute approximate surface area is 374 Å². The number of hydrogen-bond acceptors (Lipinski definition) is 11. The van der Waals surface area contributed by atoms with Crippen LogP contribution in [0.2, 0.25) is 0 Å². The lowest BCUT2D eigenvalue weighted by Gasteiger charge is -2.33. The summed E-state index contributed by atoms with van der Waals surface area (Å²) in [6.07, 6.45) is 0.00700. The van der Waals surface area contributed by atoms with Crippen LogP contribution in [0.15, 0.2) is 55.6 Å². The number of amides is 4. The van der Waals surface area contributed by atoms with Crippen molar-refractivity contribution in [3.63, 3.8) is 0 Å². The molecule has 19 heteroatoms. The zero-order valence-electron chi connectivity index (χ0n) is 37.1. The molecule has 0 bridgehead atoms. The Morgan fingerprint density at radius 1 is 0.607 bits per heavy atom. The Morgan fingerprint density at radius 3 is 1.33 bits per heavy atom. The lowest BCUT2D eigenvalue weighted by molar-refractivity contribution is 0.00956. The topological polar surface area (TPSA) is 186 Å². The number of carbonyl (C=O) groups is 4. The van der Waals surface area contributed by atoms with E-state index in [4.69, 9.17) is 28.8 Å². The van der Waals surface area contributed by atoms with Gasteiger partial charge in [-0.15, -0.1) is 0 Å². The largest absolute Gasteiger partial charge is 0.507 e. The van der Waals surface area contributed by atoms with Gasteiger partial charge in [0, 0.05) is 51.2 Å². The normalized spacial score (nSPS) is 15.2. The molecule has 4 rings (SSSR count). The molecule has 2 N–H and O–H groups in total. The Morgan fingerprint density at radius 2 is 0.967 bits per heavy atom. The molecule has 2 aromatic carbocycles. The molecular weight excluding hydrogens is 934 g/mol. The fourth-order valence-electron chi connectivity index (χ4n) is 4.74. The molecule has 2 aromatic rings. The Bertz CT molecular complexity index is 1730. The lowest BCUT2D eigenvalue weighted by atomic mass is 10.1. The molecule has 2 heterocycles. The molecule has 2 aliphatic heterocycles. The number of carbonyl (C=O) groups excluding carboxylic acids is 4. The number of ether oxygens (including phenoxy) is 5. The van der Waals surface area contributed by atoms with Crippen molar-refractivity contribution in [3.8, 4) is 11.5 Å². The van der Waals surface area contributed by atoms with E-state index in [0.717, 1.165) is 10.5 Å². The van der Waals surface area contributed by atoms with Gasteiger partial charge in [-0.2, -0.15) is 0 Å². The van der Waals surface area contributed by atoms with Crippen molar-refractivity contribution < 1.29 is 61.9 Å².